The summed E-state index contributed by atoms with van der Waals surface area (Å²) in [4.78, 5) is 1.23. The van der Waals surface area contributed by atoms with Gasteiger partial charge in [-0.1, -0.05) is 30.7 Å². The third-order valence-electron chi connectivity index (χ3n) is 2.97. The summed E-state index contributed by atoms with van der Waals surface area (Å²) in [6, 6.07) is 8.86. The fraction of sp³-hybridized carbons (Fsp3) is 0.333. The molecule has 1 aromatic heterocycles. The summed E-state index contributed by atoms with van der Waals surface area (Å²) in [5.41, 5.74) is 0.575. The molecule has 2 rings (SSSR count). The van der Waals surface area contributed by atoms with E-state index in [0.29, 0.717) is 10.6 Å². The quantitative estimate of drug-likeness (QED) is 0.806. The summed E-state index contributed by atoms with van der Waals surface area (Å²) in [6.45, 7) is 2.94. The van der Waals surface area contributed by atoms with Crippen LogP contribution in [0.25, 0.3) is 0 Å². The van der Waals surface area contributed by atoms with Crippen LogP contribution in [-0.2, 0) is 6.42 Å². The van der Waals surface area contributed by atoms with E-state index in [1.165, 1.54) is 10.9 Å². The number of hydrogen-bond donors (Lipinski definition) is 1. The first kappa shape index (κ1) is 14.5. The van der Waals surface area contributed by atoms with Crippen molar-refractivity contribution in [1.82, 2.24) is 5.32 Å². The smallest absolute Gasteiger partial charge is 0.129 e. The van der Waals surface area contributed by atoms with E-state index >= 15 is 0 Å². The molecule has 0 aliphatic carbocycles. The first-order valence-corrected chi connectivity index (χ1v) is 7.67. The predicted molar refractivity (Wildman–Crippen MR) is 80.5 cm³/mol. The molecule has 0 radical (unpaired) electrons. The lowest BCUT2D eigenvalue weighted by Crippen LogP contribution is -2.25. The highest BCUT2D eigenvalue weighted by Gasteiger charge is 2.19. The lowest BCUT2D eigenvalue weighted by molar-refractivity contribution is 0.499. The molecule has 0 amide bonds. The van der Waals surface area contributed by atoms with Crippen molar-refractivity contribution in [3.05, 3.63) is 57.0 Å². The molecule has 4 heteroatoms. The highest BCUT2D eigenvalue weighted by atomic mass is 35.5. The van der Waals surface area contributed by atoms with E-state index in [-0.39, 0.29) is 11.9 Å². The summed E-state index contributed by atoms with van der Waals surface area (Å²) in [5.74, 6) is -0.238. The average Bonchev–Trinajstić information content (AvgIpc) is 2.88. The monoisotopic (exact) mass is 297 g/mol. The Morgan fingerprint density at radius 2 is 2.16 bits per heavy atom. The van der Waals surface area contributed by atoms with Crippen molar-refractivity contribution >= 4 is 22.9 Å². The van der Waals surface area contributed by atoms with Crippen LogP contribution in [0.2, 0.25) is 5.02 Å². The summed E-state index contributed by atoms with van der Waals surface area (Å²) in [6.07, 6.45) is 1.77. The largest absolute Gasteiger partial charge is 0.309 e. The van der Waals surface area contributed by atoms with Gasteiger partial charge in [0, 0.05) is 27.9 Å². The van der Waals surface area contributed by atoms with E-state index in [0.717, 1.165) is 19.4 Å². The van der Waals surface area contributed by atoms with Gasteiger partial charge in [-0.2, -0.15) is 0 Å². The maximum absolute atomic E-state index is 14.0. The molecule has 0 aliphatic heterocycles. The Hall–Kier alpha value is -0.900. The molecule has 0 fully saturated rings. The van der Waals surface area contributed by atoms with Crippen LogP contribution in [0.1, 0.15) is 29.8 Å². The van der Waals surface area contributed by atoms with Gasteiger partial charge in [0.1, 0.15) is 5.82 Å². The minimum atomic E-state index is -0.238. The minimum absolute atomic E-state index is 0.0766. The van der Waals surface area contributed by atoms with Crippen LogP contribution >= 0.6 is 22.9 Å². The Balaban J connectivity index is 2.26. The van der Waals surface area contributed by atoms with Gasteiger partial charge in [0.25, 0.3) is 0 Å². The predicted octanol–water partition coefficient (Wildman–Crippen LogP) is 4.82. The van der Waals surface area contributed by atoms with E-state index in [1.54, 1.807) is 23.5 Å². The first-order chi connectivity index (χ1) is 9.22. The molecule has 1 unspecified atom stereocenters. The van der Waals surface area contributed by atoms with Crippen LogP contribution in [0.3, 0.4) is 0 Å². The molecule has 1 heterocycles. The number of hydrogen-bond acceptors (Lipinski definition) is 2. The highest BCUT2D eigenvalue weighted by Crippen LogP contribution is 2.29. The van der Waals surface area contributed by atoms with Crippen LogP contribution in [0.5, 0.6) is 0 Å². The molecule has 1 N–H and O–H groups in total. The Bertz CT molecular complexity index is 493. The zero-order valence-electron chi connectivity index (χ0n) is 10.8. The van der Waals surface area contributed by atoms with Gasteiger partial charge in [-0.3, -0.25) is 0 Å². The summed E-state index contributed by atoms with van der Waals surface area (Å²) in [7, 11) is 0. The van der Waals surface area contributed by atoms with E-state index in [1.807, 2.05) is 11.4 Å². The normalized spacial score (nSPS) is 12.6. The Kier molecular flexibility index (Phi) is 5.37. The van der Waals surface area contributed by atoms with Crippen molar-refractivity contribution in [1.29, 1.82) is 0 Å². The van der Waals surface area contributed by atoms with Gasteiger partial charge in [-0.25, -0.2) is 4.39 Å². The maximum Gasteiger partial charge on any atom is 0.129 e. The molecule has 102 valence electrons. The standard InChI is InChI=1S/C15H17ClFNS/c1-2-8-18-14(10-11-5-4-9-19-11)15-12(16)6-3-7-13(15)17/h3-7,9,14,18H,2,8,10H2,1H3. The minimum Gasteiger partial charge on any atom is -0.309 e. The molecule has 0 saturated heterocycles. The SMILES string of the molecule is CCCNC(Cc1cccs1)c1c(F)cccc1Cl. The average molecular weight is 298 g/mol. The molecule has 1 atom stereocenters. The number of benzene rings is 1. The Labute approximate surface area is 122 Å². The van der Waals surface area contributed by atoms with Crippen molar-refractivity contribution < 1.29 is 4.39 Å². The van der Waals surface area contributed by atoms with Gasteiger partial charge in [0.15, 0.2) is 0 Å². The van der Waals surface area contributed by atoms with Crippen molar-refractivity contribution in [2.45, 2.75) is 25.8 Å². The van der Waals surface area contributed by atoms with Gasteiger partial charge in [0.2, 0.25) is 0 Å². The van der Waals surface area contributed by atoms with Crippen molar-refractivity contribution in [3.63, 3.8) is 0 Å². The molecule has 0 bridgehead atoms. The van der Waals surface area contributed by atoms with Gasteiger partial charge in [-0.05, 0) is 36.5 Å². The van der Waals surface area contributed by atoms with E-state index in [2.05, 4.69) is 18.3 Å². The molecule has 19 heavy (non-hydrogen) atoms. The lowest BCUT2D eigenvalue weighted by Gasteiger charge is -2.20. The molecule has 1 nitrogen and oxygen atoms in total. The van der Waals surface area contributed by atoms with Gasteiger partial charge in [0.05, 0.1) is 0 Å². The zero-order chi connectivity index (χ0) is 13.7. The third-order valence-corrected chi connectivity index (χ3v) is 4.20. The highest BCUT2D eigenvalue weighted by molar-refractivity contribution is 7.09. The van der Waals surface area contributed by atoms with Crippen LogP contribution < -0.4 is 5.32 Å². The van der Waals surface area contributed by atoms with Crippen LogP contribution in [0.4, 0.5) is 4.39 Å². The summed E-state index contributed by atoms with van der Waals surface area (Å²) < 4.78 is 14.0. The number of rotatable bonds is 6. The lowest BCUT2D eigenvalue weighted by atomic mass is 10.0. The van der Waals surface area contributed by atoms with Crippen LogP contribution in [0.15, 0.2) is 35.7 Å². The fourth-order valence-electron chi connectivity index (χ4n) is 2.07. The van der Waals surface area contributed by atoms with Gasteiger partial charge < -0.3 is 5.32 Å². The first-order valence-electron chi connectivity index (χ1n) is 6.42. The second-order valence-electron chi connectivity index (χ2n) is 4.43. The summed E-state index contributed by atoms with van der Waals surface area (Å²) in [5, 5.41) is 5.92. The number of thiophene rings is 1. The zero-order valence-corrected chi connectivity index (χ0v) is 12.4. The molecule has 2 aromatic rings. The maximum atomic E-state index is 14.0. The van der Waals surface area contributed by atoms with E-state index in [4.69, 9.17) is 11.6 Å². The second-order valence-corrected chi connectivity index (χ2v) is 5.86. The Morgan fingerprint density at radius 3 is 2.79 bits per heavy atom. The van der Waals surface area contributed by atoms with Crippen molar-refractivity contribution in [3.8, 4) is 0 Å². The molecular weight excluding hydrogens is 281 g/mol. The number of halogens is 2. The summed E-state index contributed by atoms with van der Waals surface area (Å²) >= 11 is 7.85. The van der Waals surface area contributed by atoms with Crippen molar-refractivity contribution in [2.24, 2.45) is 0 Å². The second kappa shape index (κ2) is 7.04. The van der Waals surface area contributed by atoms with Crippen LogP contribution in [-0.4, -0.2) is 6.54 Å². The molecule has 1 aromatic carbocycles. The van der Waals surface area contributed by atoms with Gasteiger partial charge >= 0.3 is 0 Å². The molecule has 0 spiro atoms. The fourth-order valence-corrected chi connectivity index (χ4v) is 3.12. The molecular formula is C15H17ClFNS. The molecule has 0 aliphatic rings. The topological polar surface area (TPSA) is 12.0 Å². The number of nitrogens with one attached hydrogen (secondary N) is 1. The van der Waals surface area contributed by atoms with Crippen molar-refractivity contribution in [2.75, 3.05) is 6.54 Å². The van der Waals surface area contributed by atoms with Gasteiger partial charge in [-0.15, -0.1) is 11.3 Å². The molecule has 0 saturated carbocycles. The van der Waals surface area contributed by atoms with E-state index < -0.39 is 0 Å². The third kappa shape index (κ3) is 3.78. The Morgan fingerprint density at radius 1 is 1.32 bits per heavy atom. The van der Waals surface area contributed by atoms with Crippen LogP contribution in [0, 0.1) is 5.82 Å². The van der Waals surface area contributed by atoms with E-state index in [9.17, 15) is 4.39 Å².